The number of aromatic nitrogens is 1. The lowest BCUT2D eigenvalue weighted by Gasteiger charge is -2.09. The van der Waals surface area contributed by atoms with E-state index in [-0.39, 0.29) is 18.3 Å². The maximum absolute atomic E-state index is 12.1. The molecule has 2 aromatic carbocycles. The Hall–Kier alpha value is -3.49. The first-order chi connectivity index (χ1) is 13.4. The van der Waals surface area contributed by atoms with Crippen molar-refractivity contribution >= 4 is 5.96 Å². The largest absolute Gasteiger partial charge is 0.573 e. The van der Waals surface area contributed by atoms with E-state index in [9.17, 15) is 13.2 Å². The number of rotatable bonds is 6. The van der Waals surface area contributed by atoms with Crippen molar-refractivity contribution in [3.8, 4) is 17.2 Å². The van der Waals surface area contributed by atoms with Gasteiger partial charge in [0.25, 0.3) is 0 Å². The summed E-state index contributed by atoms with van der Waals surface area (Å²) in [6.45, 7) is 0.531. The molecule has 3 aromatic rings. The number of guanidine groups is 1. The number of nitrogens with two attached hydrogens (primary N) is 1. The normalized spacial score (nSPS) is 12.0. The molecule has 3 rings (SSSR count). The average molecular weight is 390 g/mol. The quantitative estimate of drug-likeness (QED) is 0.493. The maximum Gasteiger partial charge on any atom is 0.573 e. The molecule has 0 atom stereocenters. The highest BCUT2D eigenvalue weighted by molar-refractivity contribution is 5.77. The molecule has 0 unspecified atom stereocenters. The molecule has 3 N–H and O–H groups in total. The van der Waals surface area contributed by atoms with Gasteiger partial charge in [0, 0.05) is 5.56 Å². The molecular weight excluding hydrogens is 373 g/mol. The van der Waals surface area contributed by atoms with Crippen LogP contribution in [0.5, 0.6) is 5.75 Å². The number of alkyl halides is 3. The summed E-state index contributed by atoms with van der Waals surface area (Å²) >= 11 is 0. The number of oxazole rings is 1. The molecular formula is C19H17F3N4O2. The van der Waals surface area contributed by atoms with Gasteiger partial charge in [-0.1, -0.05) is 30.3 Å². The lowest BCUT2D eigenvalue weighted by molar-refractivity contribution is -0.274. The summed E-state index contributed by atoms with van der Waals surface area (Å²) in [6, 6.07) is 14.9. The van der Waals surface area contributed by atoms with E-state index < -0.39 is 6.36 Å². The first-order valence-electron chi connectivity index (χ1n) is 8.27. The molecule has 0 aliphatic carbocycles. The third-order valence-corrected chi connectivity index (χ3v) is 3.61. The number of halogens is 3. The first-order valence-corrected chi connectivity index (χ1v) is 8.27. The number of benzene rings is 2. The van der Waals surface area contributed by atoms with E-state index in [4.69, 9.17) is 10.2 Å². The second-order valence-corrected chi connectivity index (χ2v) is 5.76. The highest BCUT2D eigenvalue weighted by Crippen LogP contribution is 2.23. The zero-order chi connectivity index (χ0) is 20.0. The molecule has 0 saturated heterocycles. The Labute approximate surface area is 158 Å². The van der Waals surface area contributed by atoms with Crippen LogP contribution in [0.1, 0.15) is 11.3 Å². The van der Waals surface area contributed by atoms with Crippen LogP contribution in [0, 0.1) is 0 Å². The van der Waals surface area contributed by atoms with Crippen LogP contribution in [0.4, 0.5) is 13.2 Å². The van der Waals surface area contributed by atoms with E-state index in [0.29, 0.717) is 23.7 Å². The number of ether oxygens (including phenoxy) is 1. The van der Waals surface area contributed by atoms with Gasteiger partial charge in [0.1, 0.15) is 12.0 Å². The van der Waals surface area contributed by atoms with E-state index in [2.05, 4.69) is 20.0 Å². The molecule has 0 aliphatic rings. The lowest BCUT2D eigenvalue weighted by Crippen LogP contribution is -2.31. The van der Waals surface area contributed by atoms with Crippen LogP contribution >= 0.6 is 0 Å². The van der Waals surface area contributed by atoms with Crippen molar-refractivity contribution in [3.05, 3.63) is 72.1 Å². The van der Waals surface area contributed by atoms with Gasteiger partial charge in [0.15, 0.2) is 5.96 Å². The Kier molecular flexibility index (Phi) is 5.83. The van der Waals surface area contributed by atoms with E-state index in [0.717, 1.165) is 5.56 Å². The van der Waals surface area contributed by atoms with Gasteiger partial charge >= 0.3 is 6.36 Å². The number of hydrogen-bond donors (Lipinski definition) is 2. The molecule has 1 aromatic heterocycles. The molecule has 146 valence electrons. The molecule has 28 heavy (non-hydrogen) atoms. The SMILES string of the molecule is NC(=NCc1ccc(OC(F)(F)F)cc1)NCc1coc(-c2ccccc2)n1. The minimum atomic E-state index is -4.71. The molecule has 0 fully saturated rings. The minimum Gasteiger partial charge on any atom is -0.444 e. The molecule has 0 saturated carbocycles. The third kappa shape index (κ3) is 5.76. The predicted molar refractivity (Wildman–Crippen MR) is 97.2 cm³/mol. The Balaban J connectivity index is 1.50. The van der Waals surface area contributed by atoms with Gasteiger partial charge in [-0.25, -0.2) is 9.98 Å². The zero-order valence-corrected chi connectivity index (χ0v) is 14.6. The van der Waals surface area contributed by atoms with E-state index in [1.807, 2.05) is 30.3 Å². The van der Waals surface area contributed by atoms with Crippen LogP contribution in [0.15, 0.2) is 70.3 Å². The van der Waals surface area contributed by atoms with E-state index in [1.54, 1.807) is 0 Å². The van der Waals surface area contributed by atoms with Crippen LogP contribution in [-0.2, 0) is 13.1 Å². The molecule has 0 aliphatic heterocycles. The Morgan fingerprint density at radius 1 is 1.11 bits per heavy atom. The first kappa shape index (κ1) is 19.3. The monoisotopic (exact) mass is 390 g/mol. The molecule has 0 amide bonds. The predicted octanol–water partition coefficient (Wildman–Crippen LogP) is 3.84. The Morgan fingerprint density at radius 2 is 1.82 bits per heavy atom. The molecule has 9 heteroatoms. The van der Waals surface area contributed by atoms with Gasteiger partial charge in [-0.05, 0) is 29.8 Å². The summed E-state index contributed by atoms with van der Waals surface area (Å²) in [5.41, 5.74) is 8.02. The minimum absolute atomic E-state index is 0.180. The second kappa shape index (κ2) is 8.47. The summed E-state index contributed by atoms with van der Waals surface area (Å²) in [7, 11) is 0. The maximum atomic E-state index is 12.1. The molecule has 0 bridgehead atoms. The molecule has 1 heterocycles. The van der Waals surface area contributed by atoms with Crippen molar-refractivity contribution in [1.29, 1.82) is 0 Å². The molecule has 0 radical (unpaired) electrons. The van der Waals surface area contributed by atoms with Crippen molar-refractivity contribution in [3.63, 3.8) is 0 Å². The highest BCUT2D eigenvalue weighted by Gasteiger charge is 2.30. The van der Waals surface area contributed by atoms with Crippen molar-refractivity contribution in [2.75, 3.05) is 0 Å². The molecule has 0 spiro atoms. The van der Waals surface area contributed by atoms with Gasteiger partial charge in [0.2, 0.25) is 5.89 Å². The smallest absolute Gasteiger partial charge is 0.444 e. The molecule has 6 nitrogen and oxygen atoms in total. The van der Waals surface area contributed by atoms with Crippen LogP contribution in [0.25, 0.3) is 11.5 Å². The summed E-state index contributed by atoms with van der Waals surface area (Å²) in [4.78, 5) is 8.50. The fourth-order valence-corrected chi connectivity index (χ4v) is 2.31. The van der Waals surface area contributed by atoms with Gasteiger partial charge < -0.3 is 20.2 Å². The van der Waals surface area contributed by atoms with Gasteiger partial charge in [0.05, 0.1) is 18.8 Å². The van der Waals surface area contributed by atoms with Crippen molar-refractivity contribution in [2.45, 2.75) is 19.5 Å². The fourth-order valence-electron chi connectivity index (χ4n) is 2.31. The lowest BCUT2D eigenvalue weighted by atomic mass is 10.2. The number of aliphatic imine (C=N–C) groups is 1. The zero-order valence-electron chi connectivity index (χ0n) is 14.6. The Bertz CT molecular complexity index is 922. The van der Waals surface area contributed by atoms with E-state index in [1.165, 1.54) is 30.5 Å². The van der Waals surface area contributed by atoms with Gasteiger partial charge in [-0.3, -0.25) is 0 Å². The van der Waals surface area contributed by atoms with E-state index >= 15 is 0 Å². The van der Waals surface area contributed by atoms with Crippen molar-refractivity contribution in [2.24, 2.45) is 10.7 Å². The highest BCUT2D eigenvalue weighted by atomic mass is 19.4. The second-order valence-electron chi connectivity index (χ2n) is 5.76. The van der Waals surface area contributed by atoms with Crippen molar-refractivity contribution in [1.82, 2.24) is 10.3 Å². The summed E-state index contributed by atoms with van der Waals surface area (Å²) in [5, 5.41) is 2.91. The summed E-state index contributed by atoms with van der Waals surface area (Å²) in [5.74, 6) is 0.403. The summed E-state index contributed by atoms with van der Waals surface area (Å²) < 4.78 is 45.7. The van der Waals surface area contributed by atoms with Crippen molar-refractivity contribution < 1.29 is 22.3 Å². The fraction of sp³-hybridized carbons (Fsp3) is 0.158. The Morgan fingerprint density at radius 3 is 2.50 bits per heavy atom. The number of hydrogen-bond acceptors (Lipinski definition) is 4. The summed E-state index contributed by atoms with van der Waals surface area (Å²) in [6.07, 6.45) is -3.18. The third-order valence-electron chi connectivity index (χ3n) is 3.61. The standard InChI is InChI=1S/C19H17F3N4O2/c20-19(21,22)28-16-8-6-13(7-9-16)10-24-18(23)25-11-15-12-27-17(26-15)14-4-2-1-3-5-14/h1-9,12H,10-11H2,(H3,23,24,25). The van der Waals surface area contributed by atoms with Crippen LogP contribution in [0.2, 0.25) is 0 Å². The number of nitrogens with zero attached hydrogens (tertiary/aromatic N) is 2. The van der Waals surface area contributed by atoms with Crippen LogP contribution < -0.4 is 15.8 Å². The van der Waals surface area contributed by atoms with Gasteiger partial charge in [-0.2, -0.15) is 0 Å². The van der Waals surface area contributed by atoms with Crippen LogP contribution in [-0.4, -0.2) is 17.3 Å². The topological polar surface area (TPSA) is 85.7 Å². The average Bonchev–Trinajstić information content (AvgIpc) is 3.14. The van der Waals surface area contributed by atoms with Gasteiger partial charge in [-0.15, -0.1) is 13.2 Å². The van der Waals surface area contributed by atoms with Crippen LogP contribution in [0.3, 0.4) is 0 Å². The number of nitrogens with one attached hydrogen (secondary N) is 1.